The lowest BCUT2D eigenvalue weighted by Crippen LogP contribution is -2.28. The van der Waals surface area contributed by atoms with Crippen molar-refractivity contribution in [2.45, 2.75) is 19.9 Å². The van der Waals surface area contributed by atoms with E-state index in [9.17, 15) is 9.59 Å². The van der Waals surface area contributed by atoms with Gasteiger partial charge in [0, 0.05) is 18.1 Å². The van der Waals surface area contributed by atoms with Gasteiger partial charge in [0.25, 0.3) is 5.91 Å². The summed E-state index contributed by atoms with van der Waals surface area (Å²) in [6.45, 7) is 3.69. The number of hydrogen-bond donors (Lipinski definition) is 2. The Hall–Kier alpha value is -2.15. The quantitative estimate of drug-likeness (QED) is 0.902. The molecule has 0 aromatic carbocycles. The summed E-state index contributed by atoms with van der Waals surface area (Å²) in [5, 5.41) is 13.7. The molecule has 0 aliphatic carbocycles. The van der Waals surface area contributed by atoms with Gasteiger partial charge in [-0.15, -0.1) is 11.3 Å². The van der Waals surface area contributed by atoms with E-state index in [2.05, 4.69) is 10.3 Å². The van der Waals surface area contributed by atoms with E-state index in [0.717, 1.165) is 5.69 Å². The monoisotopic (exact) mass is 293 g/mol. The smallest absolute Gasteiger partial charge is 0.355 e. The minimum absolute atomic E-state index is 0.000750. The molecule has 20 heavy (non-hydrogen) atoms. The lowest BCUT2D eigenvalue weighted by atomic mass is 10.3. The van der Waals surface area contributed by atoms with Crippen LogP contribution in [0.25, 0.3) is 0 Å². The van der Waals surface area contributed by atoms with Crippen LogP contribution in [0.4, 0.5) is 0 Å². The fourth-order valence-electron chi connectivity index (χ4n) is 1.76. The van der Waals surface area contributed by atoms with Gasteiger partial charge < -0.3 is 15.0 Å². The molecule has 0 aliphatic rings. The zero-order valence-electron chi connectivity index (χ0n) is 11.4. The third-order valence-electron chi connectivity index (χ3n) is 3.06. The molecule has 0 bridgehead atoms. The molecule has 2 N–H and O–H groups in total. The lowest BCUT2D eigenvalue weighted by Gasteiger charge is -2.12. The van der Waals surface area contributed by atoms with Crippen molar-refractivity contribution in [1.29, 1.82) is 0 Å². The molecule has 0 spiro atoms. The summed E-state index contributed by atoms with van der Waals surface area (Å²) in [5.41, 5.74) is 1.55. The average molecular weight is 293 g/mol. The van der Waals surface area contributed by atoms with E-state index in [4.69, 9.17) is 5.11 Å². The number of nitrogens with zero attached hydrogens (tertiary/aromatic N) is 2. The Morgan fingerprint density at radius 2 is 2.15 bits per heavy atom. The number of aryl methyl sites for hydroxylation is 1. The first kappa shape index (κ1) is 14.3. The maximum Gasteiger partial charge on any atom is 0.355 e. The Morgan fingerprint density at radius 1 is 1.45 bits per heavy atom. The van der Waals surface area contributed by atoms with Gasteiger partial charge in [0.1, 0.15) is 10.7 Å². The zero-order valence-corrected chi connectivity index (χ0v) is 12.2. The van der Waals surface area contributed by atoms with Gasteiger partial charge >= 0.3 is 5.97 Å². The summed E-state index contributed by atoms with van der Waals surface area (Å²) in [6, 6.07) is 3.28. The Morgan fingerprint density at radius 3 is 2.65 bits per heavy atom. The number of aromatic carboxylic acids is 1. The number of thiazole rings is 1. The van der Waals surface area contributed by atoms with Crippen molar-refractivity contribution < 1.29 is 14.7 Å². The van der Waals surface area contributed by atoms with Crippen molar-refractivity contribution in [1.82, 2.24) is 14.9 Å². The van der Waals surface area contributed by atoms with Crippen molar-refractivity contribution in [3.05, 3.63) is 39.6 Å². The molecule has 2 rings (SSSR count). The molecule has 7 heteroatoms. The molecular formula is C13H15N3O3S. The Balaban J connectivity index is 2.10. The maximum absolute atomic E-state index is 12.1. The second-order valence-electron chi connectivity index (χ2n) is 4.49. The van der Waals surface area contributed by atoms with Crippen LogP contribution in [0.5, 0.6) is 0 Å². The first-order chi connectivity index (χ1) is 9.40. The molecule has 6 nitrogen and oxygen atoms in total. The van der Waals surface area contributed by atoms with Gasteiger partial charge in [0.2, 0.25) is 0 Å². The summed E-state index contributed by atoms with van der Waals surface area (Å²) >= 11 is 1.22. The molecule has 0 saturated carbocycles. The lowest BCUT2D eigenvalue weighted by molar-refractivity contribution is 0.0691. The van der Waals surface area contributed by atoms with Crippen molar-refractivity contribution in [3.8, 4) is 0 Å². The van der Waals surface area contributed by atoms with Gasteiger partial charge in [-0.25, -0.2) is 9.78 Å². The summed E-state index contributed by atoms with van der Waals surface area (Å²) in [5.74, 6) is -1.27. The Labute approximate surface area is 120 Å². The first-order valence-corrected chi connectivity index (χ1v) is 6.90. The molecule has 1 atom stereocenters. The third-order valence-corrected chi connectivity index (χ3v) is 4.09. The molecule has 0 fully saturated rings. The Bertz CT molecular complexity index is 660. The number of amides is 1. The molecule has 0 aliphatic heterocycles. The molecule has 0 radical (unpaired) electrons. The standard InChI is InChI=1S/C13H15N3O3S/c1-7-4-5-10(16(7)3)11(17)14-8(2)12-15-9(6-20-12)13(18)19/h4-6,8H,1-3H3,(H,14,17)(H,18,19). The van der Waals surface area contributed by atoms with E-state index in [-0.39, 0.29) is 17.6 Å². The molecule has 1 unspecified atom stereocenters. The maximum atomic E-state index is 12.1. The number of hydrogen-bond acceptors (Lipinski definition) is 4. The van der Waals surface area contributed by atoms with E-state index in [1.807, 2.05) is 20.0 Å². The van der Waals surface area contributed by atoms with Crippen molar-refractivity contribution in [3.63, 3.8) is 0 Å². The van der Waals surface area contributed by atoms with Crippen LogP contribution in [0.2, 0.25) is 0 Å². The summed E-state index contributed by atoms with van der Waals surface area (Å²) in [6.07, 6.45) is 0. The molecule has 2 heterocycles. The van der Waals surface area contributed by atoms with Crippen LogP contribution in [0, 0.1) is 6.92 Å². The van der Waals surface area contributed by atoms with Crippen molar-refractivity contribution >= 4 is 23.2 Å². The Kier molecular flexibility index (Phi) is 3.89. The van der Waals surface area contributed by atoms with Crippen LogP contribution >= 0.6 is 11.3 Å². The number of rotatable bonds is 4. The predicted octanol–water partition coefficient (Wildman–Crippen LogP) is 1.98. The van der Waals surface area contributed by atoms with Crippen LogP contribution in [0.1, 0.15) is 44.6 Å². The number of carbonyl (C=O) groups excluding carboxylic acids is 1. The molecule has 1 amide bonds. The first-order valence-electron chi connectivity index (χ1n) is 6.02. The highest BCUT2D eigenvalue weighted by Crippen LogP contribution is 2.18. The van der Waals surface area contributed by atoms with Crippen LogP contribution < -0.4 is 5.32 Å². The zero-order chi connectivity index (χ0) is 14.9. The van der Waals surface area contributed by atoms with Crippen LogP contribution in [-0.2, 0) is 7.05 Å². The number of nitrogens with one attached hydrogen (secondary N) is 1. The fraction of sp³-hybridized carbons (Fsp3) is 0.308. The minimum Gasteiger partial charge on any atom is -0.476 e. The molecular weight excluding hydrogens is 278 g/mol. The number of carboxylic acids is 1. The van der Waals surface area contributed by atoms with E-state index in [1.165, 1.54) is 16.7 Å². The summed E-state index contributed by atoms with van der Waals surface area (Å²) < 4.78 is 1.80. The van der Waals surface area contributed by atoms with Crippen molar-refractivity contribution in [2.24, 2.45) is 7.05 Å². The number of carbonyl (C=O) groups is 2. The van der Waals surface area contributed by atoms with Crippen LogP contribution in [-0.4, -0.2) is 26.5 Å². The van der Waals surface area contributed by atoms with Gasteiger partial charge in [0.05, 0.1) is 6.04 Å². The largest absolute Gasteiger partial charge is 0.476 e. The van der Waals surface area contributed by atoms with E-state index in [1.54, 1.807) is 17.6 Å². The average Bonchev–Trinajstić information content (AvgIpc) is 2.98. The molecule has 0 saturated heterocycles. The molecule has 2 aromatic rings. The van der Waals surface area contributed by atoms with Gasteiger partial charge in [-0.05, 0) is 26.0 Å². The van der Waals surface area contributed by atoms with Crippen LogP contribution in [0.15, 0.2) is 17.5 Å². The second-order valence-corrected chi connectivity index (χ2v) is 5.38. The van der Waals surface area contributed by atoms with Gasteiger partial charge in [-0.2, -0.15) is 0 Å². The topological polar surface area (TPSA) is 84.2 Å². The van der Waals surface area contributed by atoms with E-state index < -0.39 is 5.97 Å². The second kappa shape index (κ2) is 5.46. The SMILES string of the molecule is Cc1ccc(C(=O)NC(C)c2nc(C(=O)O)cs2)n1C. The van der Waals surface area contributed by atoms with Gasteiger partial charge in [0.15, 0.2) is 5.69 Å². The van der Waals surface area contributed by atoms with E-state index >= 15 is 0 Å². The molecule has 2 aromatic heterocycles. The normalized spacial score (nSPS) is 12.2. The van der Waals surface area contributed by atoms with Crippen LogP contribution in [0.3, 0.4) is 0 Å². The molecule has 106 valence electrons. The highest BCUT2D eigenvalue weighted by atomic mass is 32.1. The van der Waals surface area contributed by atoms with E-state index in [0.29, 0.717) is 10.7 Å². The highest BCUT2D eigenvalue weighted by Gasteiger charge is 2.18. The van der Waals surface area contributed by atoms with Crippen molar-refractivity contribution in [2.75, 3.05) is 0 Å². The summed E-state index contributed by atoms with van der Waals surface area (Å²) in [7, 11) is 1.82. The third kappa shape index (κ3) is 2.72. The number of aromatic nitrogens is 2. The summed E-state index contributed by atoms with van der Waals surface area (Å²) in [4.78, 5) is 26.9. The highest BCUT2D eigenvalue weighted by molar-refractivity contribution is 7.09. The number of carboxylic acid groups (broad SMARTS) is 1. The fourth-order valence-corrected chi connectivity index (χ4v) is 2.56. The predicted molar refractivity (Wildman–Crippen MR) is 75.1 cm³/mol. The van der Waals surface area contributed by atoms with Gasteiger partial charge in [-0.1, -0.05) is 0 Å². The van der Waals surface area contributed by atoms with Gasteiger partial charge in [-0.3, -0.25) is 4.79 Å². The minimum atomic E-state index is -1.07.